The molecule has 0 unspecified atom stereocenters. The molecule has 1 aliphatic rings. The Balaban J connectivity index is 2.01. The summed E-state index contributed by atoms with van der Waals surface area (Å²) in [6, 6.07) is -0.225. The highest BCUT2D eigenvalue weighted by Crippen LogP contribution is 2.39. The number of aromatic nitrogens is 2. The van der Waals surface area contributed by atoms with Crippen molar-refractivity contribution in [2.75, 3.05) is 23.0 Å². The van der Waals surface area contributed by atoms with Crippen LogP contribution in [0, 0.1) is 5.92 Å². The number of hydrogen-bond donors (Lipinski definition) is 6. The van der Waals surface area contributed by atoms with Crippen molar-refractivity contribution in [2.24, 2.45) is 5.92 Å². The van der Waals surface area contributed by atoms with Crippen LogP contribution in [0.15, 0.2) is 6.33 Å². The quantitative estimate of drug-likeness (QED) is 0.272. The molecule has 1 amide bonds. The number of phosphoric acid groups is 1. The van der Waals surface area contributed by atoms with Gasteiger partial charge >= 0.3 is 7.82 Å². The van der Waals surface area contributed by atoms with Gasteiger partial charge in [-0.15, -0.1) is 0 Å². The molecule has 3 atom stereocenters. The zero-order valence-electron chi connectivity index (χ0n) is 12.0. The van der Waals surface area contributed by atoms with E-state index in [1.165, 1.54) is 6.33 Å². The van der Waals surface area contributed by atoms with Crippen LogP contribution in [0.2, 0.25) is 0 Å². The maximum atomic E-state index is 10.7. The van der Waals surface area contributed by atoms with Crippen LogP contribution in [0.25, 0.3) is 0 Å². The van der Waals surface area contributed by atoms with E-state index in [0.29, 0.717) is 25.1 Å². The van der Waals surface area contributed by atoms with Crippen molar-refractivity contribution >= 4 is 31.6 Å². The molecule has 0 bridgehead atoms. The lowest BCUT2D eigenvalue weighted by molar-refractivity contribution is -0.105. The lowest BCUT2D eigenvalue weighted by atomic mass is 10.1. The minimum absolute atomic E-state index is 0.0922. The second-order valence-corrected chi connectivity index (χ2v) is 6.41. The standard InChI is InChI=1S/C11H18N5O6P/c12-10-9(15-5-17)11(14-4-13-10)16-7-1-6(8(18)2-7)3-22-23(19,20)21/h4-8,18H,1-3H2,(H,15,17)(H2,19,20,21)(H3,12,13,14,16)/t6-,7-,8+/m1/s1. The molecule has 0 saturated heterocycles. The number of carbonyl (C=O) groups excluding carboxylic acids is 1. The fourth-order valence-corrected chi connectivity index (χ4v) is 2.88. The molecule has 0 aliphatic heterocycles. The third-order valence-electron chi connectivity index (χ3n) is 3.53. The Kier molecular flexibility index (Phi) is 5.50. The Labute approximate surface area is 131 Å². The monoisotopic (exact) mass is 347 g/mol. The van der Waals surface area contributed by atoms with E-state index in [4.69, 9.17) is 15.5 Å². The molecular formula is C11H18N5O6P. The average Bonchev–Trinajstić information content (AvgIpc) is 2.80. The summed E-state index contributed by atoms with van der Waals surface area (Å²) in [5.41, 5.74) is 5.89. The molecule has 2 rings (SSSR count). The normalized spacial score (nSPS) is 24.4. The van der Waals surface area contributed by atoms with Gasteiger partial charge in [0.05, 0.1) is 12.7 Å². The molecule has 0 aromatic carbocycles. The van der Waals surface area contributed by atoms with Crippen molar-refractivity contribution in [3.05, 3.63) is 6.33 Å². The Bertz CT molecular complexity index is 611. The summed E-state index contributed by atoms with van der Waals surface area (Å²) in [6.07, 6.45) is 1.64. The number of nitrogen functional groups attached to an aromatic ring is 1. The molecule has 0 spiro atoms. The minimum Gasteiger partial charge on any atom is -0.393 e. The summed E-state index contributed by atoms with van der Waals surface area (Å²) in [6.45, 7) is -0.255. The third kappa shape index (κ3) is 4.85. The first-order chi connectivity index (χ1) is 10.8. The summed E-state index contributed by atoms with van der Waals surface area (Å²) in [5, 5.41) is 15.4. The first-order valence-corrected chi connectivity index (χ1v) is 8.28. The molecule has 23 heavy (non-hydrogen) atoms. The van der Waals surface area contributed by atoms with Crippen LogP contribution in [0.4, 0.5) is 17.3 Å². The number of hydrogen-bond acceptors (Lipinski definition) is 8. The summed E-state index contributed by atoms with van der Waals surface area (Å²) in [7, 11) is -4.57. The van der Waals surface area contributed by atoms with Gasteiger partial charge in [0.2, 0.25) is 6.41 Å². The van der Waals surface area contributed by atoms with Gasteiger partial charge in [-0.25, -0.2) is 14.5 Å². The number of nitrogens with zero attached hydrogens (tertiary/aromatic N) is 2. The number of carbonyl (C=O) groups is 1. The SMILES string of the molecule is Nc1ncnc(N[C@@H]2C[C@H](COP(=O)(O)O)[C@@H](O)C2)c1NC=O. The largest absolute Gasteiger partial charge is 0.469 e. The van der Waals surface area contributed by atoms with Crippen molar-refractivity contribution in [1.82, 2.24) is 9.97 Å². The topological polar surface area (TPSA) is 180 Å². The molecule has 128 valence electrons. The Morgan fingerprint density at radius 2 is 2.17 bits per heavy atom. The van der Waals surface area contributed by atoms with E-state index in [0.717, 1.165) is 0 Å². The van der Waals surface area contributed by atoms with E-state index in [1.54, 1.807) is 0 Å². The molecule has 0 radical (unpaired) electrons. The maximum Gasteiger partial charge on any atom is 0.469 e. The Morgan fingerprint density at radius 1 is 1.43 bits per heavy atom. The van der Waals surface area contributed by atoms with Crippen LogP contribution >= 0.6 is 7.82 Å². The van der Waals surface area contributed by atoms with Gasteiger partial charge in [-0.05, 0) is 12.8 Å². The molecule has 12 heteroatoms. The molecule has 1 heterocycles. The first-order valence-electron chi connectivity index (χ1n) is 6.75. The van der Waals surface area contributed by atoms with Crippen molar-refractivity contribution in [3.63, 3.8) is 0 Å². The van der Waals surface area contributed by atoms with E-state index in [1.807, 2.05) is 0 Å². The lowest BCUT2D eigenvalue weighted by Gasteiger charge is -2.16. The van der Waals surface area contributed by atoms with Gasteiger partial charge in [0.25, 0.3) is 0 Å². The van der Waals surface area contributed by atoms with Crippen molar-refractivity contribution < 1.29 is 28.8 Å². The summed E-state index contributed by atoms with van der Waals surface area (Å²) < 4.78 is 15.2. The third-order valence-corrected chi connectivity index (χ3v) is 4.02. The number of aliphatic hydroxyl groups excluding tert-OH is 1. The average molecular weight is 347 g/mol. The lowest BCUT2D eigenvalue weighted by Crippen LogP contribution is -2.19. The highest BCUT2D eigenvalue weighted by Gasteiger charge is 2.35. The Morgan fingerprint density at radius 3 is 2.83 bits per heavy atom. The second-order valence-electron chi connectivity index (χ2n) is 5.17. The Hall–Kier alpha value is -1.78. The van der Waals surface area contributed by atoms with Crippen LogP contribution in [-0.4, -0.2) is 50.0 Å². The molecule has 1 aromatic rings. The maximum absolute atomic E-state index is 10.7. The predicted molar refractivity (Wildman–Crippen MR) is 80.3 cm³/mol. The van der Waals surface area contributed by atoms with Gasteiger partial charge in [-0.3, -0.25) is 9.32 Å². The fraction of sp³-hybridized carbons (Fsp3) is 0.545. The molecular weight excluding hydrogens is 329 g/mol. The zero-order chi connectivity index (χ0) is 17.0. The number of nitrogens with one attached hydrogen (secondary N) is 2. The number of rotatable bonds is 7. The summed E-state index contributed by atoms with van der Waals surface area (Å²) in [4.78, 5) is 35.8. The second kappa shape index (κ2) is 7.20. The smallest absolute Gasteiger partial charge is 0.393 e. The van der Waals surface area contributed by atoms with E-state index in [2.05, 4.69) is 25.1 Å². The molecule has 1 fully saturated rings. The van der Waals surface area contributed by atoms with E-state index < -0.39 is 19.8 Å². The van der Waals surface area contributed by atoms with Gasteiger partial charge in [0.15, 0.2) is 11.6 Å². The van der Waals surface area contributed by atoms with Gasteiger partial charge in [-0.1, -0.05) is 0 Å². The zero-order valence-corrected chi connectivity index (χ0v) is 12.9. The highest BCUT2D eigenvalue weighted by molar-refractivity contribution is 7.46. The molecule has 11 nitrogen and oxygen atoms in total. The van der Waals surface area contributed by atoms with Gasteiger partial charge in [-0.2, -0.15) is 0 Å². The van der Waals surface area contributed by atoms with E-state index >= 15 is 0 Å². The molecule has 1 aliphatic carbocycles. The fourth-order valence-electron chi connectivity index (χ4n) is 2.50. The minimum atomic E-state index is -4.57. The van der Waals surface area contributed by atoms with Crippen molar-refractivity contribution in [3.8, 4) is 0 Å². The van der Waals surface area contributed by atoms with Crippen molar-refractivity contribution in [2.45, 2.75) is 25.0 Å². The summed E-state index contributed by atoms with van der Waals surface area (Å²) >= 11 is 0. The van der Waals surface area contributed by atoms with Gasteiger partial charge < -0.3 is 31.3 Å². The van der Waals surface area contributed by atoms with Crippen LogP contribution in [0.5, 0.6) is 0 Å². The van der Waals surface area contributed by atoms with Crippen LogP contribution in [0.1, 0.15) is 12.8 Å². The number of anilines is 3. The van der Waals surface area contributed by atoms with Crippen LogP contribution in [-0.2, 0) is 13.9 Å². The van der Waals surface area contributed by atoms with Gasteiger partial charge in [0, 0.05) is 12.0 Å². The van der Waals surface area contributed by atoms with E-state index in [-0.39, 0.29) is 24.2 Å². The number of phosphoric ester groups is 1. The van der Waals surface area contributed by atoms with Gasteiger partial charge in [0.1, 0.15) is 12.0 Å². The predicted octanol–water partition coefficient (Wildman–Crippen LogP) is -0.712. The molecule has 1 aromatic heterocycles. The highest BCUT2D eigenvalue weighted by atomic mass is 31.2. The molecule has 7 N–H and O–H groups in total. The van der Waals surface area contributed by atoms with Crippen LogP contribution < -0.4 is 16.4 Å². The number of nitrogens with two attached hydrogens (primary N) is 1. The number of amides is 1. The van der Waals surface area contributed by atoms with Crippen LogP contribution in [0.3, 0.4) is 0 Å². The van der Waals surface area contributed by atoms with E-state index in [9.17, 15) is 14.5 Å². The molecule has 1 saturated carbocycles. The number of aliphatic hydroxyl groups is 1. The summed E-state index contributed by atoms with van der Waals surface area (Å²) in [5.74, 6) is -0.0327. The first kappa shape index (κ1) is 17.6. The van der Waals surface area contributed by atoms with Crippen molar-refractivity contribution in [1.29, 1.82) is 0 Å².